The molecule has 6 nitrogen and oxygen atoms in total. The van der Waals surface area contributed by atoms with Crippen LogP contribution in [0.4, 0.5) is 0 Å². The average molecular weight is 312 g/mol. The van der Waals surface area contributed by atoms with Crippen molar-refractivity contribution in [2.75, 3.05) is 5.75 Å². The van der Waals surface area contributed by atoms with Gasteiger partial charge < -0.3 is 4.74 Å². The molecule has 0 saturated heterocycles. The van der Waals surface area contributed by atoms with Crippen molar-refractivity contribution in [1.82, 2.24) is 20.2 Å². The summed E-state index contributed by atoms with van der Waals surface area (Å²) in [4.78, 5) is 12.1. The number of hydrogen-bond donors (Lipinski definition) is 0. The molecule has 1 aromatic heterocycles. The lowest BCUT2D eigenvalue weighted by Crippen LogP contribution is -2.36. The van der Waals surface area contributed by atoms with Crippen molar-refractivity contribution in [3.8, 4) is 0 Å². The van der Waals surface area contributed by atoms with E-state index in [1.165, 1.54) is 18.2 Å². The largest absolute Gasteiger partial charge is 0.461 e. The Morgan fingerprint density at radius 1 is 1.48 bits per heavy atom. The molecule has 0 bridgehead atoms. The maximum absolute atomic E-state index is 12.1. The first-order chi connectivity index (χ1) is 9.97. The van der Waals surface area contributed by atoms with E-state index in [1.807, 2.05) is 0 Å². The zero-order valence-electron chi connectivity index (χ0n) is 13.2. The number of hydrogen-bond acceptors (Lipinski definition) is 6. The van der Waals surface area contributed by atoms with Gasteiger partial charge in [-0.05, 0) is 41.0 Å². The fourth-order valence-electron chi connectivity index (χ4n) is 2.92. The van der Waals surface area contributed by atoms with Crippen LogP contribution < -0.4 is 0 Å². The number of aryl methyl sites for hydroxylation is 1. The van der Waals surface area contributed by atoms with E-state index in [2.05, 4.69) is 36.3 Å². The number of carbonyl (C=O) groups is 1. The standard InChI is InChI=1S/C14H24N4O2S/c1-9(2)11-6-5-10(3)7-12(11)20-13(19)8-21-14-15-16-17-18(14)4/h9-12H,5-8H2,1-4H3/t10-,11+,12+/m0/s1. The predicted octanol–water partition coefficient (Wildman–Crippen LogP) is 2.31. The van der Waals surface area contributed by atoms with Gasteiger partial charge in [0.25, 0.3) is 0 Å². The van der Waals surface area contributed by atoms with E-state index >= 15 is 0 Å². The molecule has 0 spiro atoms. The van der Waals surface area contributed by atoms with Crippen molar-refractivity contribution in [3.63, 3.8) is 0 Å². The monoisotopic (exact) mass is 312 g/mol. The SMILES string of the molecule is CC(C)[C@H]1CC[C@H](C)C[C@H]1OC(=O)CSc1nnnn1C. The van der Waals surface area contributed by atoms with Crippen molar-refractivity contribution in [3.05, 3.63) is 0 Å². The number of esters is 1. The summed E-state index contributed by atoms with van der Waals surface area (Å²) in [6.07, 6.45) is 3.41. The molecule has 21 heavy (non-hydrogen) atoms. The fourth-order valence-corrected chi connectivity index (χ4v) is 3.55. The first kappa shape index (κ1) is 16.3. The quantitative estimate of drug-likeness (QED) is 0.614. The summed E-state index contributed by atoms with van der Waals surface area (Å²) >= 11 is 1.31. The van der Waals surface area contributed by atoms with Gasteiger partial charge in [-0.25, -0.2) is 4.68 Å². The predicted molar refractivity (Wildman–Crippen MR) is 80.7 cm³/mol. The molecule has 1 aliphatic carbocycles. The lowest BCUT2D eigenvalue weighted by atomic mass is 9.75. The van der Waals surface area contributed by atoms with E-state index in [1.54, 1.807) is 11.7 Å². The van der Waals surface area contributed by atoms with Crippen molar-refractivity contribution in [1.29, 1.82) is 0 Å². The molecule has 0 N–H and O–H groups in total. The summed E-state index contributed by atoms with van der Waals surface area (Å²) in [7, 11) is 1.76. The molecule has 0 unspecified atom stereocenters. The van der Waals surface area contributed by atoms with E-state index < -0.39 is 0 Å². The molecule has 3 atom stereocenters. The van der Waals surface area contributed by atoms with Gasteiger partial charge >= 0.3 is 5.97 Å². The van der Waals surface area contributed by atoms with Gasteiger partial charge in [0.05, 0.1) is 5.75 Å². The topological polar surface area (TPSA) is 69.9 Å². The number of aromatic nitrogens is 4. The molecule has 1 heterocycles. The normalized spacial score (nSPS) is 26.0. The highest BCUT2D eigenvalue weighted by Gasteiger charge is 2.33. The van der Waals surface area contributed by atoms with Crippen LogP contribution in [0.15, 0.2) is 5.16 Å². The van der Waals surface area contributed by atoms with Crippen LogP contribution in [0, 0.1) is 17.8 Å². The van der Waals surface area contributed by atoms with Gasteiger partial charge in [-0.1, -0.05) is 39.0 Å². The lowest BCUT2D eigenvalue weighted by molar-refractivity contribution is -0.152. The lowest BCUT2D eigenvalue weighted by Gasteiger charge is -2.36. The van der Waals surface area contributed by atoms with Crippen molar-refractivity contribution in [2.24, 2.45) is 24.8 Å². The minimum absolute atomic E-state index is 0.0551. The Bertz CT molecular complexity index is 477. The maximum Gasteiger partial charge on any atom is 0.316 e. The van der Waals surface area contributed by atoms with Crippen molar-refractivity contribution >= 4 is 17.7 Å². The smallest absolute Gasteiger partial charge is 0.316 e. The average Bonchev–Trinajstić information content (AvgIpc) is 2.81. The second kappa shape index (κ2) is 7.24. The van der Waals surface area contributed by atoms with Gasteiger partial charge in [0, 0.05) is 7.05 Å². The number of nitrogens with zero attached hydrogens (tertiary/aromatic N) is 4. The van der Waals surface area contributed by atoms with Crippen LogP contribution in [0.5, 0.6) is 0 Å². The van der Waals surface area contributed by atoms with Crippen LogP contribution in [0.1, 0.15) is 40.0 Å². The molecular formula is C14H24N4O2S. The zero-order valence-corrected chi connectivity index (χ0v) is 14.0. The number of ether oxygens (including phenoxy) is 1. The van der Waals surface area contributed by atoms with Crippen molar-refractivity contribution in [2.45, 2.75) is 51.3 Å². The summed E-state index contributed by atoms with van der Waals surface area (Å²) in [5.74, 6) is 1.74. The highest BCUT2D eigenvalue weighted by Crippen LogP contribution is 2.35. The number of rotatable bonds is 5. The Morgan fingerprint density at radius 2 is 2.24 bits per heavy atom. The second-order valence-corrected chi connectivity index (χ2v) is 7.17. The molecule has 1 aromatic rings. The minimum atomic E-state index is -0.173. The highest BCUT2D eigenvalue weighted by molar-refractivity contribution is 7.99. The van der Waals surface area contributed by atoms with E-state index in [4.69, 9.17) is 4.74 Å². The molecule has 0 amide bonds. The van der Waals surface area contributed by atoms with Crippen LogP contribution in [0.2, 0.25) is 0 Å². The van der Waals surface area contributed by atoms with E-state index in [0.29, 0.717) is 22.9 Å². The van der Waals surface area contributed by atoms with E-state index in [0.717, 1.165) is 12.8 Å². The number of carbonyl (C=O) groups excluding carboxylic acids is 1. The van der Waals surface area contributed by atoms with Gasteiger partial charge in [0.2, 0.25) is 5.16 Å². The van der Waals surface area contributed by atoms with E-state index in [9.17, 15) is 4.79 Å². The van der Waals surface area contributed by atoms with Gasteiger partial charge in [-0.3, -0.25) is 4.79 Å². The number of thioether (sulfide) groups is 1. The molecule has 1 aliphatic rings. The minimum Gasteiger partial charge on any atom is -0.461 e. The Kier molecular flexibility index (Phi) is 5.61. The second-order valence-electron chi connectivity index (χ2n) is 6.23. The third-order valence-electron chi connectivity index (χ3n) is 4.14. The third-order valence-corrected chi connectivity index (χ3v) is 5.13. The maximum atomic E-state index is 12.1. The molecule has 2 rings (SSSR count). The third kappa shape index (κ3) is 4.43. The van der Waals surface area contributed by atoms with Gasteiger partial charge in [-0.15, -0.1) is 5.10 Å². The molecule has 1 saturated carbocycles. The Balaban J connectivity index is 1.86. The fraction of sp³-hybridized carbons (Fsp3) is 0.857. The molecule has 7 heteroatoms. The molecule has 0 aliphatic heterocycles. The van der Waals surface area contributed by atoms with Gasteiger partial charge in [0.1, 0.15) is 6.10 Å². The van der Waals surface area contributed by atoms with Gasteiger partial charge in [0.15, 0.2) is 0 Å². The molecule has 1 fully saturated rings. The first-order valence-corrected chi connectivity index (χ1v) is 8.50. The molecule has 0 radical (unpaired) electrons. The summed E-state index contributed by atoms with van der Waals surface area (Å²) < 4.78 is 7.29. The van der Waals surface area contributed by atoms with Crippen LogP contribution in [0.3, 0.4) is 0 Å². The summed E-state index contributed by atoms with van der Waals surface area (Å²) in [6.45, 7) is 6.65. The Labute approximate surface area is 130 Å². The van der Waals surface area contributed by atoms with Gasteiger partial charge in [-0.2, -0.15) is 0 Å². The summed E-state index contributed by atoms with van der Waals surface area (Å²) in [6, 6.07) is 0. The molecule has 0 aromatic carbocycles. The molecular weight excluding hydrogens is 288 g/mol. The van der Waals surface area contributed by atoms with Crippen LogP contribution >= 0.6 is 11.8 Å². The zero-order chi connectivity index (χ0) is 15.4. The van der Waals surface area contributed by atoms with Crippen LogP contribution in [-0.2, 0) is 16.6 Å². The van der Waals surface area contributed by atoms with E-state index in [-0.39, 0.29) is 17.8 Å². The van der Waals surface area contributed by atoms with Crippen LogP contribution in [0.25, 0.3) is 0 Å². The Morgan fingerprint density at radius 3 is 2.86 bits per heavy atom. The van der Waals surface area contributed by atoms with Crippen molar-refractivity contribution < 1.29 is 9.53 Å². The molecule has 118 valence electrons. The highest BCUT2D eigenvalue weighted by atomic mass is 32.2. The van der Waals surface area contributed by atoms with Crippen LogP contribution in [-0.4, -0.2) is 38.0 Å². The first-order valence-electron chi connectivity index (χ1n) is 7.52. The Hall–Kier alpha value is -1.11. The summed E-state index contributed by atoms with van der Waals surface area (Å²) in [5.41, 5.74) is 0. The number of tetrazole rings is 1. The summed E-state index contributed by atoms with van der Waals surface area (Å²) in [5, 5.41) is 11.8.